The number of carbonyl (C=O) groups excluding carboxylic acids is 1. The summed E-state index contributed by atoms with van der Waals surface area (Å²) in [7, 11) is 0. The Morgan fingerprint density at radius 3 is 2.72 bits per heavy atom. The van der Waals surface area contributed by atoms with Gasteiger partial charge in [0.1, 0.15) is 0 Å². The fraction of sp³-hybridized carbons (Fsp3) is 0.154. The smallest absolute Gasteiger partial charge is 0.248 e. The number of rotatable bonds is 4. The molecule has 0 aliphatic rings. The highest BCUT2D eigenvalue weighted by atomic mass is 32.1. The molecule has 1 aromatic carbocycles. The van der Waals surface area contributed by atoms with Crippen molar-refractivity contribution in [2.45, 2.75) is 13.0 Å². The van der Waals surface area contributed by atoms with Gasteiger partial charge in [0.05, 0.1) is 17.4 Å². The van der Waals surface area contributed by atoms with Crippen LogP contribution in [0, 0.1) is 0 Å². The van der Waals surface area contributed by atoms with Crippen molar-refractivity contribution in [2.24, 2.45) is 5.73 Å². The zero-order valence-electron chi connectivity index (χ0n) is 10.0. The summed E-state index contributed by atoms with van der Waals surface area (Å²) >= 11 is 1.69. The Kier molecular flexibility index (Phi) is 3.53. The number of hydrogen-bond acceptors (Lipinski definition) is 4. The van der Waals surface area contributed by atoms with E-state index >= 15 is 0 Å². The van der Waals surface area contributed by atoms with E-state index < -0.39 is 5.91 Å². The van der Waals surface area contributed by atoms with Crippen LogP contribution < -0.4 is 16.8 Å². The normalized spacial score (nSPS) is 12.1. The van der Waals surface area contributed by atoms with E-state index in [1.165, 1.54) is 4.88 Å². The first-order valence-electron chi connectivity index (χ1n) is 5.57. The minimum Gasteiger partial charge on any atom is -0.397 e. The topological polar surface area (TPSA) is 81.1 Å². The van der Waals surface area contributed by atoms with Crippen LogP contribution in [0.1, 0.15) is 28.2 Å². The van der Waals surface area contributed by atoms with Crippen LogP contribution in [0.4, 0.5) is 11.4 Å². The van der Waals surface area contributed by atoms with Crippen LogP contribution in [-0.2, 0) is 0 Å². The lowest BCUT2D eigenvalue weighted by atomic mass is 10.1. The average Bonchev–Trinajstić information content (AvgIpc) is 2.85. The van der Waals surface area contributed by atoms with Crippen molar-refractivity contribution in [2.75, 3.05) is 11.1 Å². The number of amides is 1. The summed E-state index contributed by atoms with van der Waals surface area (Å²) in [6.07, 6.45) is 0. The second kappa shape index (κ2) is 5.10. The predicted octanol–water partition coefficient (Wildman–Crippen LogP) is 2.60. The first-order chi connectivity index (χ1) is 8.58. The lowest BCUT2D eigenvalue weighted by Gasteiger charge is -2.15. The Bertz CT molecular complexity index is 551. The van der Waals surface area contributed by atoms with Gasteiger partial charge in [-0.2, -0.15) is 0 Å². The number of benzene rings is 1. The molecule has 2 aromatic rings. The molecule has 0 bridgehead atoms. The van der Waals surface area contributed by atoms with Gasteiger partial charge < -0.3 is 16.8 Å². The number of anilines is 2. The van der Waals surface area contributed by atoms with Crippen LogP contribution in [0.3, 0.4) is 0 Å². The largest absolute Gasteiger partial charge is 0.397 e. The summed E-state index contributed by atoms with van der Waals surface area (Å²) in [5.74, 6) is -0.473. The predicted molar refractivity (Wildman–Crippen MR) is 75.7 cm³/mol. The number of thiophene rings is 1. The van der Waals surface area contributed by atoms with E-state index in [-0.39, 0.29) is 6.04 Å². The maximum atomic E-state index is 11.0. The van der Waals surface area contributed by atoms with Crippen molar-refractivity contribution < 1.29 is 4.79 Å². The highest BCUT2D eigenvalue weighted by Gasteiger charge is 2.09. The standard InChI is InChI=1S/C13H15N3OS/c1-8(12-3-2-6-18-12)16-11-5-4-9(13(15)17)7-10(11)14/h2-8,16H,14H2,1H3,(H2,15,17). The van der Waals surface area contributed by atoms with E-state index in [0.29, 0.717) is 11.3 Å². The third kappa shape index (κ3) is 2.62. The van der Waals surface area contributed by atoms with E-state index in [0.717, 1.165) is 5.69 Å². The number of nitrogens with two attached hydrogens (primary N) is 2. The summed E-state index contributed by atoms with van der Waals surface area (Å²) in [5, 5.41) is 5.35. The Labute approximate surface area is 110 Å². The lowest BCUT2D eigenvalue weighted by Crippen LogP contribution is -2.12. The molecule has 4 nitrogen and oxygen atoms in total. The molecule has 0 radical (unpaired) electrons. The Balaban J connectivity index is 2.17. The molecule has 18 heavy (non-hydrogen) atoms. The fourth-order valence-electron chi connectivity index (χ4n) is 1.69. The van der Waals surface area contributed by atoms with Gasteiger partial charge in [-0.1, -0.05) is 6.07 Å². The zero-order chi connectivity index (χ0) is 13.1. The van der Waals surface area contributed by atoms with Crippen molar-refractivity contribution in [3.05, 3.63) is 46.2 Å². The van der Waals surface area contributed by atoms with Crippen molar-refractivity contribution in [3.8, 4) is 0 Å². The molecule has 5 N–H and O–H groups in total. The minimum absolute atomic E-state index is 0.173. The van der Waals surface area contributed by atoms with Crippen LogP contribution in [0.15, 0.2) is 35.7 Å². The van der Waals surface area contributed by atoms with Gasteiger partial charge in [0.25, 0.3) is 0 Å². The molecule has 5 heteroatoms. The highest BCUT2D eigenvalue weighted by molar-refractivity contribution is 7.10. The molecule has 94 valence electrons. The molecule has 1 amide bonds. The third-order valence-corrected chi connectivity index (χ3v) is 3.73. The van der Waals surface area contributed by atoms with Gasteiger partial charge in [0.15, 0.2) is 0 Å². The summed E-state index contributed by atoms with van der Waals surface area (Å²) in [4.78, 5) is 12.3. The zero-order valence-corrected chi connectivity index (χ0v) is 10.8. The first kappa shape index (κ1) is 12.4. The molecule has 1 atom stereocenters. The minimum atomic E-state index is -0.473. The summed E-state index contributed by atoms with van der Waals surface area (Å²) in [6, 6.07) is 9.29. The number of nitrogen functional groups attached to an aromatic ring is 1. The summed E-state index contributed by atoms with van der Waals surface area (Å²) < 4.78 is 0. The van der Waals surface area contributed by atoms with Crippen LogP contribution in [-0.4, -0.2) is 5.91 Å². The van der Waals surface area contributed by atoms with Crippen LogP contribution in [0.5, 0.6) is 0 Å². The maximum Gasteiger partial charge on any atom is 0.248 e. The van der Waals surface area contributed by atoms with Crippen LogP contribution >= 0.6 is 11.3 Å². The SMILES string of the molecule is CC(Nc1ccc(C(N)=O)cc1N)c1cccs1. The number of nitrogens with one attached hydrogen (secondary N) is 1. The molecule has 1 unspecified atom stereocenters. The van der Waals surface area contributed by atoms with E-state index in [9.17, 15) is 4.79 Å². The number of hydrogen-bond donors (Lipinski definition) is 3. The van der Waals surface area contributed by atoms with E-state index in [2.05, 4.69) is 18.3 Å². The Morgan fingerprint density at radius 1 is 1.39 bits per heavy atom. The first-order valence-corrected chi connectivity index (χ1v) is 6.45. The van der Waals surface area contributed by atoms with Gasteiger partial charge in [0.2, 0.25) is 5.91 Å². The molecule has 1 heterocycles. The van der Waals surface area contributed by atoms with Gasteiger partial charge >= 0.3 is 0 Å². The number of carbonyl (C=O) groups is 1. The summed E-state index contributed by atoms with van der Waals surface area (Å²) in [6.45, 7) is 2.06. The van der Waals surface area contributed by atoms with Gasteiger partial charge in [-0.3, -0.25) is 4.79 Å². The van der Waals surface area contributed by atoms with Gasteiger partial charge in [-0.25, -0.2) is 0 Å². The molecule has 0 spiro atoms. The maximum absolute atomic E-state index is 11.0. The summed E-state index contributed by atoms with van der Waals surface area (Å²) in [5.41, 5.74) is 12.8. The van der Waals surface area contributed by atoms with Crippen molar-refractivity contribution >= 4 is 28.6 Å². The van der Waals surface area contributed by atoms with Gasteiger partial charge in [-0.15, -0.1) is 11.3 Å². The Morgan fingerprint density at radius 2 is 2.17 bits per heavy atom. The van der Waals surface area contributed by atoms with Crippen LogP contribution in [0.2, 0.25) is 0 Å². The lowest BCUT2D eigenvalue weighted by molar-refractivity contribution is 0.100. The average molecular weight is 261 g/mol. The fourth-order valence-corrected chi connectivity index (χ4v) is 2.42. The second-order valence-electron chi connectivity index (χ2n) is 4.05. The van der Waals surface area contributed by atoms with Gasteiger partial charge in [0, 0.05) is 10.4 Å². The van der Waals surface area contributed by atoms with Gasteiger partial charge in [-0.05, 0) is 36.6 Å². The molecule has 0 saturated carbocycles. The monoisotopic (exact) mass is 261 g/mol. The van der Waals surface area contributed by atoms with Crippen molar-refractivity contribution in [1.82, 2.24) is 0 Å². The highest BCUT2D eigenvalue weighted by Crippen LogP contribution is 2.27. The molecule has 0 aliphatic heterocycles. The molecule has 0 fully saturated rings. The van der Waals surface area contributed by atoms with E-state index in [1.54, 1.807) is 29.5 Å². The van der Waals surface area contributed by atoms with E-state index in [1.807, 2.05) is 11.4 Å². The quantitative estimate of drug-likeness (QED) is 0.740. The van der Waals surface area contributed by atoms with Crippen molar-refractivity contribution in [3.63, 3.8) is 0 Å². The molecule has 0 saturated heterocycles. The molecule has 1 aromatic heterocycles. The molecule has 2 rings (SSSR count). The van der Waals surface area contributed by atoms with E-state index in [4.69, 9.17) is 11.5 Å². The second-order valence-corrected chi connectivity index (χ2v) is 5.03. The Hall–Kier alpha value is -2.01. The number of primary amides is 1. The molecular formula is C13H15N3OS. The van der Waals surface area contributed by atoms with Crippen molar-refractivity contribution in [1.29, 1.82) is 0 Å². The molecule has 0 aliphatic carbocycles. The third-order valence-electron chi connectivity index (χ3n) is 2.68. The molecular weight excluding hydrogens is 246 g/mol. The van der Waals surface area contributed by atoms with Crippen LogP contribution in [0.25, 0.3) is 0 Å².